The number of amides is 3. The average Bonchev–Trinajstić information content (AvgIpc) is 3.33. The molecule has 0 bridgehead atoms. The summed E-state index contributed by atoms with van der Waals surface area (Å²) in [5.74, 6) is -0.303. The van der Waals surface area contributed by atoms with Gasteiger partial charge in [0.2, 0.25) is 0 Å². The summed E-state index contributed by atoms with van der Waals surface area (Å²) >= 11 is 0. The molecule has 1 heterocycles. The molecule has 2 fully saturated rings. The van der Waals surface area contributed by atoms with Gasteiger partial charge in [-0.15, -0.1) is 0 Å². The number of nitrogens with one attached hydrogen (secondary N) is 1. The minimum Gasteiger partial charge on any atom is -0.387 e. The molecule has 1 saturated heterocycles. The summed E-state index contributed by atoms with van der Waals surface area (Å²) < 4.78 is 37.6. The van der Waals surface area contributed by atoms with Gasteiger partial charge in [0, 0.05) is 0 Å². The van der Waals surface area contributed by atoms with Gasteiger partial charge in [-0.3, -0.25) is 9.69 Å². The third kappa shape index (κ3) is 2.86. The number of carbonyl (C=O) groups excluding carboxylic acids is 2. The van der Waals surface area contributed by atoms with Crippen molar-refractivity contribution in [3.05, 3.63) is 35.4 Å². The van der Waals surface area contributed by atoms with Crippen molar-refractivity contribution in [2.45, 2.75) is 37.6 Å². The van der Waals surface area contributed by atoms with Crippen LogP contribution in [0.15, 0.2) is 24.3 Å². The molecule has 8 heteroatoms. The molecule has 2 atom stereocenters. The van der Waals surface area contributed by atoms with E-state index in [9.17, 15) is 27.9 Å². The zero-order valence-corrected chi connectivity index (χ0v) is 12.9. The molecule has 3 amide bonds. The molecule has 1 aromatic carbocycles. The molecule has 2 unspecified atom stereocenters. The smallest absolute Gasteiger partial charge is 0.387 e. The fourth-order valence-corrected chi connectivity index (χ4v) is 2.99. The topological polar surface area (TPSA) is 69.6 Å². The molecule has 0 radical (unpaired) electrons. The van der Waals surface area contributed by atoms with Crippen molar-refractivity contribution in [1.29, 1.82) is 0 Å². The number of hydrogen-bond acceptors (Lipinski definition) is 3. The fourth-order valence-electron chi connectivity index (χ4n) is 2.99. The minimum atomic E-state index is -4.46. The van der Waals surface area contributed by atoms with E-state index in [0.717, 1.165) is 42.0 Å². The number of hydrogen-bond donors (Lipinski definition) is 2. The number of alkyl halides is 3. The van der Waals surface area contributed by atoms with Crippen LogP contribution >= 0.6 is 0 Å². The standard InChI is InChI=1S/C16H17F3N2O3/c1-15(10-6-7-10)13(23)21(14(24)20-15)8-12(22)9-2-4-11(5-3-9)16(17,18)19/h2-5,10,12,22H,6-8H2,1H3,(H,20,24). The average molecular weight is 342 g/mol. The Morgan fingerprint density at radius 2 is 1.88 bits per heavy atom. The maximum absolute atomic E-state index is 12.5. The van der Waals surface area contributed by atoms with Crippen LogP contribution in [0.5, 0.6) is 0 Å². The highest BCUT2D eigenvalue weighted by molar-refractivity contribution is 6.07. The third-order valence-electron chi connectivity index (χ3n) is 4.67. The number of rotatable bonds is 4. The first kappa shape index (κ1) is 16.8. The van der Waals surface area contributed by atoms with Crippen molar-refractivity contribution < 1.29 is 27.9 Å². The Hall–Kier alpha value is -2.09. The molecule has 5 nitrogen and oxygen atoms in total. The zero-order chi connectivity index (χ0) is 17.7. The summed E-state index contributed by atoms with van der Waals surface area (Å²) in [6.07, 6.45) is -3.99. The molecule has 1 saturated carbocycles. The van der Waals surface area contributed by atoms with Crippen molar-refractivity contribution in [3.63, 3.8) is 0 Å². The fraction of sp³-hybridized carbons (Fsp3) is 0.500. The first-order valence-corrected chi connectivity index (χ1v) is 7.62. The van der Waals surface area contributed by atoms with Crippen LogP contribution in [-0.2, 0) is 11.0 Å². The van der Waals surface area contributed by atoms with E-state index in [-0.39, 0.29) is 18.0 Å². The van der Waals surface area contributed by atoms with Crippen LogP contribution in [0.2, 0.25) is 0 Å². The lowest BCUT2D eigenvalue weighted by Gasteiger charge is -2.22. The molecular weight excluding hydrogens is 325 g/mol. The quantitative estimate of drug-likeness (QED) is 0.826. The Labute approximate surface area is 136 Å². The predicted molar refractivity (Wildman–Crippen MR) is 77.8 cm³/mol. The predicted octanol–water partition coefficient (Wildman–Crippen LogP) is 2.46. The first-order chi connectivity index (χ1) is 11.1. The van der Waals surface area contributed by atoms with E-state index in [1.807, 2.05) is 0 Å². The number of imide groups is 1. The summed E-state index contributed by atoms with van der Waals surface area (Å²) in [5.41, 5.74) is -1.56. The summed E-state index contributed by atoms with van der Waals surface area (Å²) in [5, 5.41) is 12.8. The molecule has 0 aromatic heterocycles. The van der Waals surface area contributed by atoms with E-state index in [2.05, 4.69) is 5.32 Å². The number of carbonyl (C=O) groups is 2. The van der Waals surface area contributed by atoms with Crippen molar-refractivity contribution in [2.24, 2.45) is 5.92 Å². The monoisotopic (exact) mass is 342 g/mol. The molecule has 1 aliphatic carbocycles. The normalized spacial score (nSPS) is 25.8. The summed E-state index contributed by atoms with van der Waals surface area (Å²) in [4.78, 5) is 25.4. The largest absolute Gasteiger partial charge is 0.416 e. The van der Waals surface area contributed by atoms with Gasteiger partial charge in [-0.1, -0.05) is 12.1 Å². The Bertz CT molecular complexity index is 670. The van der Waals surface area contributed by atoms with Crippen molar-refractivity contribution in [3.8, 4) is 0 Å². The number of β-amino-alcohol motifs (C(OH)–C–C–N with tert-alkyl or cyclic N) is 1. The van der Waals surface area contributed by atoms with Gasteiger partial charge < -0.3 is 10.4 Å². The second kappa shape index (κ2) is 5.47. The van der Waals surface area contributed by atoms with Crippen LogP contribution in [0.4, 0.5) is 18.0 Å². The van der Waals surface area contributed by atoms with Gasteiger partial charge in [-0.05, 0) is 43.4 Å². The lowest BCUT2D eigenvalue weighted by molar-refractivity contribution is -0.137. The van der Waals surface area contributed by atoms with Crippen molar-refractivity contribution in [1.82, 2.24) is 10.2 Å². The maximum atomic E-state index is 12.5. The van der Waals surface area contributed by atoms with E-state index >= 15 is 0 Å². The van der Waals surface area contributed by atoms with Gasteiger partial charge >= 0.3 is 12.2 Å². The van der Waals surface area contributed by atoms with Gasteiger partial charge in [-0.2, -0.15) is 13.2 Å². The summed E-state index contributed by atoms with van der Waals surface area (Å²) in [7, 11) is 0. The number of halogens is 3. The van der Waals surface area contributed by atoms with Crippen molar-refractivity contribution >= 4 is 11.9 Å². The molecule has 1 aliphatic heterocycles. The summed E-state index contributed by atoms with van der Waals surface area (Å²) in [6.45, 7) is 1.37. The van der Waals surface area contributed by atoms with Gasteiger partial charge in [0.15, 0.2) is 0 Å². The molecule has 0 spiro atoms. The molecular formula is C16H17F3N2O3. The molecule has 130 valence electrons. The number of aliphatic hydroxyl groups excluding tert-OH is 1. The van der Waals surface area contributed by atoms with E-state index in [1.54, 1.807) is 6.92 Å². The zero-order valence-electron chi connectivity index (χ0n) is 12.9. The van der Waals surface area contributed by atoms with Gasteiger partial charge in [-0.25, -0.2) is 4.79 Å². The van der Waals surface area contributed by atoms with Gasteiger partial charge in [0.05, 0.1) is 18.2 Å². The number of nitrogens with zero attached hydrogens (tertiary/aromatic N) is 1. The second-order valence-corrected chi connectivity index (χ2v) is 6.46. The van der Waals surface area contributed by atoms with Crippen LogP contribution in [0, 0.1) is 5.92 Å². The number of aliphatic hydroxyl groups is 1. The number of benzene rings is 1. The van der Waals surface area contributed by atoms with E-state index in [1.165, 1.54) is 0 Å². The maximum Gasteiger partial charge on any atom is 0.416 e. The highest BCUT2D eigenvalue weighted by atomic mass is 19.4. The van der Waals surface area contributed by atoms with Crippen LogP contribution in [0.25, 0.3) is 0 Å². The van der Waals surface area contributed by atoms with Crippen LogP contribution in [0.3, 0.4) is 0 Å². The van der Waals surface area contributed by atoms with Crippen molar-refractivity contribution in [2.75, 3.05) is 6.54 Å². The van der Waals surface area contributed by atoms with E-state index in [4.69, 9.17) is 0 Å². The Kier molecular flexibility index (Phi) is 3.82. The molecule has 24 heavy (non-hydrogen) atoms. The van der Waals surface area contributed by atoms with Crippen LogP contribution < -0.4 is 5.32 Å². The Morgan fingerprint density at radius 3 is 2.38 bits per heavy atom. The molecule has 3 rings (SSSR count). The van der Waals surface area contributed by atoms with Crippen LogP contribution in [-0.4, -0.2) is 34.0 Å². The Morgan fingerprint density at radius 1 is 1.29 bits per heavy atom. The summed E-state index contributed by atoms with van der Waals surface area (Å²) in [6, 6.07) is 3.43. The SMILES string of the molecule is CC1(C2CC2)NC(=O)N(CC(O)c2ccc(C(F)(F)F)cc2)C1=O. The Balaban J connectivity index is 1.71. The van der Waals surface area contributed by atoms with E-state index < -0.39 is 35.3 Å². The van der Waals surface area contributed by atoms with Gasteiger partial charge in [0.25, 0.3) is 5.91 Å². The number of urea groups is 1. The molecule has 2 aliphatic rings. The minimum absolute atomic E-state index is 0.0992. The lowest BCUT2D eigenvalue weighted by atomic mass is 9.96. The van der Waals surface area contributed by atoms with Gasteiger partial charge in [0.1, 0.15) is 5.54 Å². The van der Waals surface area contributed by atoms with Crippen LogP contribution in [0.1, 0.15) is 37.0 Å². The first-order valence-electron chi connectivity index (χ1n) is 7.62. The molecule has 2 N–H and O–H groups in total. The second-order valence-electron chi connectivity index (χ2n) is 6.46. The highest BCUT2D eigenvalue weighted by Gasteiger charge is 2.56. The lowest BCUT2D eigenvalue weighted by Crippen LogP contribution is -2.46. The highest BCUT2D eigenvalue weighted by Crippen LogP contribution is 2.42. The van der Waals surface area contributed by atoms with E-state index in [0.29, 0.717) is 0 Å². The molecule has 1 aromatic rings. The third-order valence-corrected chi connectivity index (χ3v) is 4.67.